The maximum atomic E-state index is 13.4. The van der Waals surface area contributed by atoms with Gasteiger partial charge in [-0.05, 0) is 165 Å². The first-order chi connectivity index (χ1) is 60.9. The largest absolute Gasteiger partial charge is 0.416 e. The summed E-state index contributed by atoms with van der Waals surface area (Å²) in [5.41, 5.74) is 13.6. The van der Waals surface area contributed by atoms with Gasteiger partial charge in [0.1, 0.15) is 46.6 Å². The van der Waals surface area contributed by atoms with Gasteiger partial charge in [-0.3, -0.25) is 9.97 Å². The van der Waals surface area contributed by atoms with Crippen molar-refractivity contribution in [2.45, 2.75) is 37.8 Å². The Kier molecular flexibility index (Phi) is 26.8. The number of nitriles is 1. The number of piperazine rings is 1. The number of hydrogen-bond donors (Lipinski definition) is 5. The number of fused-ring (bicyclic) bond motifs is 5. The van der Waals surface area contributed by atoms with Gasteiger partial charge >= 0.3 is 6.18 Å². The van der Waals surface area contributed by atoms with Crippen molar-refractivity contribution in [3.05, 3.63) is 263 Å². The summed E-state index contributed by atoms with van der Waals surface area (Å²) in [7, 11) is -3.18. The van der Waals surface area contributed by atoms with Gasteiger partial charge in [-0.15, -0.1) is 0 Å². The van der Waals surface area contributed by atoms with Crippen molar-refractivity contribution >= 4 is 199 Å². The van der Waals surface area contributed by atoms with Gasteiger partial charge in [0, 0.05) is 134 Å². The zero-order valence-corrected chi connectivity index (χ0v) is 74.7. The number of nitrogens with one attached hydrogen (secondary N) is 5. The van der Waals surface area contributed by atoms with E-state index >= 15 is 0 Å². The van der Waals surface area contributed by atoms with Crippen LogP contribution in [0.5, 0.6) is 0 Å². The van der Waals surface area contributed by atoms with E-state index in [1.54, 1.807) is 104 Å². The first kappa shape index (κ1) is 89.4. The molecule has 13 heterocycles. The van der Waals surface area contributed by atoms with Crippen molar-refractivity contribution in [3.63, 3.8) is 0 Å². The number of imidazole rings is 5. The minimum atomic E-state index is -4.40. The monoisotopic (exact) mass is 1920 g/mol. The van der Waals surface area contributed by atoms with Gasteiger partial charge in [0.05, 0.1) is 141 Å². The fourth-order valence-electron chi connectivity index (χ4n) is 14.7. The molecule has 0 atom stereocenters. The number of piperidine rings is 2. The number of pyridine rings is 5. The third-order valence-electron chi connectivity index (χ3n) is 21.2. The van der Waals surface area contributed by atoms with E-state index in [1.165, 1.54) is 16.6 Å². The fourth-order valence-corrected chi connectivity index (χ4v) is 17.1. The highest BCUT2D eigenvalue weighted by molar-refractivity contribution is 7.88. The zero-order chi connectivity index (χ0) is 89.2. The van der Waals surface area contributed by atoms with Gasteiger partial charge in [-0.2, -0.15) is 22.7 Å². The van der Waals surface area contributed by atoms with Gasteiger partial charge in [-0.25, -0.2) is 57.1 Å². The molecule has 0 unspecified atom stereocenters. The summed E-state index contributed by atoms with van der Waals surface area (Å²) in [5, 5.41) is 14.1. The molecule has 0 aliphatic carbocycles. The molecule has 0 radical (unpaired) electrons. The maximum Gasteiger partial charge on any atom is 0.416 e. The van der Waals surface area contributed by atoms with E-state index in [4.69, 9.17) is 121 Å². The van der Waals surface area contributed by atoms with Gasteiger partial charge in [0.15, 0.2) is 0 Å². The molecule has 646 valence electrons. The second-order valence-electron chi connectivity index (χ2n) is 29.6. The number of aromatic nitrogens is 15. The average Bonchev–Trinajstić information content (AvgIpc) is 1.67. The Labute approximate surface area is 772 Å². The lowest BCUT2D eigenvalue weighted by Gasteiger charge is -2.34. The molecule has 3 saturated heterocycles. The topological polar surface area (TPSA) is 279 Å². The molecule has 3 aliphatic rings. The molecule has 7 aromatic carbocycles. The third-order valence-corrected chi connectivity index (χ3v) is 25.9. The summed E-state index contributed by atoms with van der Waals surface area (Å²) < 4.78 is 90.5. The predicted molar refractivity (Wildman–Crippen MR) is 498 cm³/mol. The molecule has 20 rings (SSSR count). The highest BCUT2D eigenvalue weighted by Crippen LogP contribution is 2.42. The number of hydrogen-bond acceptors (Lipinski definition) is 16. The first-order valence-electron chi connectivity index (χ1n) is 39.2. The summed E-state index contributed by atoms with van der Waals surface area (Å²) in [6.07, 6.45) is 6.77. The maximum absolute atomic E-state index is 13.4. The van der Waals surface area contributed by atoms with Crippen molar-refractivity contribution < 1.29 is 30.4 Å². The Morgan fingerprint density at radius 2 is 0.693 bits per heavy atom. The van der Waals surface area contributed by atoms with Gasteiger partial charge in [-0.1, -0.05) is 140 Å². The van der Waals surface area contributed by atoms with Crippen LogP contribution >= 0.6 is 116 Å². The number of aromatic amines is 5. The van der Waals surface area contributed by atoms with Crippen LogP contribution < -0.4 is 14.7 Å². The fraction of sp³-hybridized carbons (Fsp3) is 0.180. The van der Waals surface area contributed by atoms with E-state index in [1.807, 2.05) is 89.8 Å². The normalized spacial score (nSPS) is 14.4. The smallest absolute Gasteiger partial charge is 0.356 e. The Balaban J connectivity index is 0.000000117. The molecule has 10 aromatic heterocycles. The molecule has 5 N–H and O–H groups in total. The van der Waals surface area contributed by atoms with Crippen LogP contribution in [0, 0.1) is 17.2 Å². The summed E-state index contributed by atoms with van der Waals surface area (Å²) in [5.74, 6) is 3.01. The lowest BCUT2D eigenvalue weighted by atomic mass is 9.98. The predicted octanol–water partition coefficient (Wildman–Crippen LogP) is 25.1. The molecule has 22 nitrogen and oxygen atoms in total. The van der Waals surface area contributed by atoms with E-state index < -0.39 is 27.7 Å². The van der Waals surface area contributed by atoms with E-state index in [0.717, 1.165) is 133 Å². The number of halogens is 15. The van der Waals surface area contributed by atoms with Crippen LogP contribution in [0.25, 0.3) is 135 Å². The van der Waals surface area contributed by atoms with Crippen LogP contribution in [0.1, 0.15) is 31.2 Å². The molecule has 3 fully saturated rings. The Hall–Kier alpha value is -11.0. The first-order valence-corrected chi connectivity index (χ1v) is 44.8. The summed E-state index contributed by atoms with van der Waals surface area (Å²) in [6, 6.07) is 53.2. The van der Waals surface area contributed by atoms with Crippen molar-refractivity contribution in [2.24, 2.45) is 5.92 Å². The van der Waals surface area contributed by atoms with Gasteiger partial charge in [0.25, 0.3) is 5.92 Å². The molecule has 38 heteroatoms. The Morgan fingerprint density at radius 1 is 0.386 bits per heavy atom. The zero-order valence-electron chi connectivity index (χ0n) is 66.3. The standard InChI is InChI=1S/C19H11ClF3N3.C18H10Cl3N3.C18H15Cl2N5.C17H14Cl2F2N4.C17H17Cl2N5O2S/c20-13-6-3-11(4-7-13)17-14(2-1-9-24-17)18-25-15-8-5-12(19(21,22)23)10-16(15)26-18;19-11-5-3-10(4-6-11)17-12(2-1-7-22-17)18-23-15-8-13(20)14(21)9-16(15)24-18;19-13-8-15-16(9-14(13)20)24-17(23-15)12-2-1-5-22-18(12)25-6-3-11(10-21)4-7-25;18-11-8-13-14(9-12(11)19)24-15(23-13)10-2-1-5-22-16(10)25-6-3-17(20,21)4-7-25;1-27(25,26)24-7-5-23(6-8-24)17-11(3-2-4-20-17)16-21-14-9-12(18)13(19)10-15(14)22-16/h1-10H,(H,25,26);1-9H,(H,23,24);1-2,5,8-9,11H,3-4,6-7H2,(H,23,24);1-2,5,8-9H,3-4,6-7H2,(H,23,24);2-4,9-10H,5-8H2,1H3,(H,21,22). The van der Waals surface area contributed by atoms with Crippen LogP contribution in [-0.2, 0) is 16.2 Å². The van der Waals surface area contributed by atoms with E-state index in [2.05, 4.69) is 90.6 Å². The number of benzene rings is 7. The highest BCUT2D eigenvalue weighted by atomic mass is 35.5. The quantitative estimate of drug-likeness (QED) is 0.0753. The summed E-state index contributed by atoms with van der Waals surface area (Å²) in [6.45, 7) is 4.15. The van der Waals surface area contributed by atoms with Crippen molar-refractivity contribution in [1.82, 2.24) is 79.1 Å². The minimum absolute atomic E-state index is 0.138. The minimum Gasteiger partial charge on any atom is -0.356 e. The van der Waals surface area contributed by atoms with Crippen molar-refractivity contribution in [3.8, 4) is 85.5 Å². The highest BCUT2D eigenvalue weighted by Gasteiger charge is 2.36. The second-order valence-corrected chi connectivity index (χ2v) is 35.7. The number of alkyl halides is 5. The SMILES string of the molecule is CS(=O)(=O)N1CCN(c2ncccc2-c2nc3cc(Cl)c(Cl)cc3[nH]2)CC1.Clc1ccc(-c2ncccc2-c2nc3cc(Cl)c(Cl)cc3[nH]2)cc1.FC(F)(F)c1ccc2nc(-c3cccnc3-c3ccc(Cl)cc3)[nH]c2c1.FC1(F)CCN(c2ncccc2-c2nc3cc(Cl)c(Cl)cc3[nH]2)CC1.N#CC1CCN(c2ncccc2-c2nc3cc(Cl)c(Cl)cc3[nH]2)CC1. The number of rotatable bonds is 11. The van der Waals surface area contributed by atoms with E-state index in [-0.39, 0.29) is 31.8 Å². The van der Waals surface area contributed by atoms with Crippen molar-refractivity contribution in [1.29, 1.82) is 5.26 Å². The van der Waals surface area contributed by atoms with Crippen LogP contribution in [0.2, 0.25) is 50.2 Å². The van der Waals surface area contributed by atoms with Crippen molar-refractivity contribution in [2.75, 3.05) is 73.3 Å². The molecular weight excluding hydrogens is 1860 g/mol. The number of H-pyrrole nitrogens is 5. The van der Waals surface area contributed by atoms with Crippen LogP contribution in [0.4, 0.5) is 39.4 Å². The lowest BCUT2D eigenvalue weighted by Crippen LogP contribution is -2.48. The van der Waals surface area contributed by atoms with Crippen LogP contribution in [0.15, 0.2) is 207 Å². The molecule has 3 aliphatic heterocycles. The summed E-state index contributed by atoms with van der Waals surface area (Å²) in [4.78, 5) is 67.5. The van der Waals surface area contributed by atoms with Crippen LogP contribution in [-0.4, -0.2) is 152 Å². The Morgan fingerprint density at radius 3 is 1.04 bits per heavy atom. The summed E-state index contributed by atoms with van der Waals surface area (Å²) >= 11 is 60.5. The van der Waals surface area contributed by atoms with Crippen LogP contribution in [0.3, 0.4) is 0 Å². The van der Waals surface area contributed by atoms with E-state index in [9.17, 15) is 30.4 Å². The molecule has 0 bridgehead atoms. The molecule has 0 amide bonds. The molecule has 127 heavy (non-hydrogen) atoms. The Bertz CT molecular complexity index is 6940. The number of sulfonamides is 1. The van der Waals surface area contributed by atoms with E-state index in [0.29, 0.717) is 133 Å². The number of nitrogens with zero attached hydrogens (tertiary/aromatic N) is 15. The second kappa shape index (κ2) is 38.1. The molecular formula is C89H67Cl10F5N20O2S. The number of anilines is 3. The average molecular weight is 1930 g/mol. The third kappa shape index (κ3) is 20.6. The van der Waals surface area contributed by atoms with Gasteiger partial charge in [0.2, 0.25) is 10.0 Å². The van der Waals surface area contributed by atoms with Gasteiger partial charge < -0.3 is 39.6 Å². The molecule has 0 spiro atoms. The lowest BCUT2D eigenvalue weighted by molar-refractivity contribution is -0.137. The molecule has 0 saturated carbocycles. The molecule has 17 aromatic rings.